The Morgan fingerprint density at radius 3 is 2.30 bits per heavy atom. The zero-order chi connectivity index (χ0) is 19.6. The standard InChI is InChI=1S/C20H16F3NO3/c1-13-18(15-5-3-2-4-6-15)27-19(26)24(13)17(25)12-9-14-7-10-16(11-8-14)20(21,22)23/h2-13,18H,1H3/t13-,18+/m0/s1. The molecule has 1 saturated heterocycles. The second-order valence-corrected chi connectivity index (χ2v) is 6.12. The molecule has 4 nitrogen and oxygen atoms in total. The third-order valence-electron chi connectivity index (χ3n) is 4.29. The number of amides is 2. The molecule has 1 aliphatic heterocycles. The molecule has 2 aromatic carbocycles. The van der Waals surface area contributed by atoms with Crippen molar-refractivity contribution >= 4 is 18.1 Å². The molecule has 0 aliphatic carbocycles. The van der Waals surface area contributed by atoms with Gasteiger partial charge in [0, 0.05) is 6.08 Å². The number of hydrogen-bond acceptors (Lipinski definition) is 3. The van der Waals surface area contributed by atoms with Gasteiger partial charge in [-0.2, -0.15) is 13.2 Å². The van der Waals surface area contributed by atoms with Gasteiger partial charge in [0.25, 0.3) is 5.91 Å². The fraction of sp³-hybridized carbons (Fsp3) is 0.200. The van der Waals surface area contributed by atoms with Crippen molar-refractivity contribution < 1.29 is 27.5 Å². The molecular weight excluding hydrogens is 359 g/mol. The van der Waals surface area contributed by atoms with E-state index in [0.29, 0.717) is 5.56 Å². The van der Waals surface area contributed by atoms with Crippen LogP contribution in [0.1, 0.15) is 29.7 Å². The van der Waals surface area contributed by atoms with Crippen LogP contribution in [0.3, 0.4) is 0 Å². The Balaban J connectivity index is 1.72. The summed E-state index contributed by atoms with van der Waals surface area (Å²) in [4.78, 5) is 25.5. The van der Waals surface area contributed by atoms with Crippen molar-refractivity contribution in [3.05, 3.63) is 77.4 Å². The van der Waals surface area contributed by atoms with E-state index in [0.717, 1.165) is 28.7 Å². The molecule has 0 aromatic heterocycles. The van der Waals surface area contributed by atoms with E-state index in [1.807, 2.05) is 18.2 Å². The highest BCUT2D eigenvalue weighted by Gasteiger charge is 2.42. The van der Waals surface area contributed by atoms with Gasteiger partial charge < -0.3 is 4.74 Å². The van der Waals surface area contributed by atoms with E-state index < -0.39 is 35.9 Å². The molecule has 2 amide bonds. The summed E-state index contributed by atoms with van der Waals surface area (Å²) in [6.07, 6.45) is -3.23. The van der Waals surface area contributed by atoms with Gasteiger partial charge in [0.2, 0.25) is 0 Å². The Morgan fingerprint density at radius 1 is 1.07 bits per heavy atom. The van der Waals surface area contributed by atoms with Crippen LogP contribution in [0.2, 0.25) is 0 Å². The van der Waals surface area contributed by atoms with Crippen LogP contribution in [0.4, 0.5) is 18.0 Å². The van der Waals surface area contributed by atoms with Gasteiger partial charge in [0.05, 0.1) is 11.6 Å². The lowest BCUT2D eigenvalue weighted by atomic mass is 10.0. The number of imide groups is 1. The maximum Gasteiger partial charge on any atom is 0.417 e. The first-order valence-corrected chi connectivity index (χ1v) is 8.21. The SMILES string of the molecule is C[C@H]1[C@H](c2ccccc2)OC(=O)N1C(=O)C=Cc1ccc(C(F)(F)F)cc1. The summed E-state index contributed by atoms with van der Waals surface area (Å²) in [6.45, 7) is 1.70. The van der Waals surface area contributed by atoms with Crippen molar-refractivity contribution in [2.24, 2.45) is 0 Å². The van der Waals surface area contributed by atoms with Crippen molar-refractivity contribution in [2.75, 3.05) is 0 Å². The van der Waals surface area contributed by atoms with E-state index in [1.165, 1.54) is 18.2 Å². The molecule has 0 saturated carbocycles. The highest BCUT2D eigenvalue weighted by atomic mass is 19.4. The number of cyclic esters (lactones) is 1. The third-order valence-corrected chi connectivity index (χ3v) is 4.29. The maximum atomic E-state index is 12.6. The first kappa shape index (κ1) is 18.7. The molecule has 3 rings (SSSR count). The van der Waals surface area contributed by atoms with Crippen LogP contribution >= 0.6 is 0 Å². The van der Waals surface area contributed by atoms with Gasteiger partial charge in [-0.15, -0.1) is 0 Å². The molecule has 0 N–H and O–H groups in total. The lowest BCUT2D eigenvalue weighted by molar-refractivity contribution is -0.137. The monoisotopic (exact) mass is 375 g/mol. The van der Waals surface area contributed by atoms with E-state index in [4.69, 9.17) is 4.74 Å². The lowest BCUT2D eigenvalue weighted by Crippen LogP contribution is -2.36. The summed E-state index contributed by atoms with van der Waals surface area (Å²) in [6, 6.07) is 12.9. The number of hydrogen-bond donors (Lipinski definition) is 0. The molecule has 0 bridgehead atoms. The van der Waals surface area contributed by atoms with Crippen molar-refractivity contribution in [3.8, 4) is 0 Å². The van der Waals surface area contributed by atoms with E-state index in [2.05, 4.69) is 0 Å². The molecule has 2 aromatic rings. The Kier molecular flexibility index (Phi) is 5.03. The number of nitrogens with zero attached hydrogens (tertiary/aromatic N) is 1. The molecule has 2 atom stereocenters. The number of carbonyl (C=O) groups is 2. The van der Waals surface area contributed by atoms with E-state index >= 15 is 0 Å². The summed E-state index contributed by atoms with van der Waals surface area (Å²) in [5.41, 5.74) is 0.421. The van der Waals surface area contributed by atoms with E-state index in [-0.39, 0.29) is 0 Å². The summed E-state index contributed by atoms with van der Waals surface area (Å²) < 4.78 is 43.0. The average Bonchev–Trinajstić information content (AvgIpc) is 2.94. The minimum atomic E-state index is -4.42. The summed E-state index contributed by atoms with van der Waals surface area (Å²) in [7, 11) is 0. The molecule has 0 unspecified atom stereocenters. The topological polar surface area (TPSA) is 46.6 Å². The normalized spacial score (nSPS) is 20.1. The number of carbonyl (C=O) groups excluding carboxylic acids is 2. The van der Waals surface area contributed by atoms with Gasteiger partial charge in [-0.05, 0) is 36.3 Å². The van der Waals surface area contributed by atoms with Gasteiger partial charge >= 0.3 is 12.3 Å². The number of ether oxygens (including phenoxy) is 1. The minimum absolute atomic E-state index is 0.413. The maximum absolute atomic E-state index is 12.6. The fourth-order valence-corrected chi connectivity index (χ4v) is 2.88. The van der Waals surface area contributed by atoms with Crippen LogP contribution in [0.5, 0.6) is 0 Å². The van der Waals surface area contributed by atoms with Gasteiger partial charge in [-0.3, -0.25) is 4.79 Å². The summed E-state index contributed by atoms with van der Waals surface area (Å²) in [5.74, 6) is -0.592. The Morgan fingerprint density at radius 2 is 1.70 bits per heavy atom. The number of benzene rings is 2. The minimum Gasteiger partial charge on any atom is -0.439 e. The zero-order valence-corrected chi connectivity index (χ0v) is 14.3. The predicted molar refractivity (Wildman–Crippen MR) is 92.5 cm³/mol. The second kappa shape index (κ2) is 7.26. The van der Waals surface area contributed by atoms with Gasteiger partial charge in [0.15, 0.2) is 0 Å². The number of rotatable bonds is 3. The van der Waals surface area contributed by atoms with Crippen molar-refractivity contribution in [2.45, 2.75) is 25.2 Å². The highest BCUT2D eigenvalue weighted by molar-refractivity contribution is 6.02. The molecule has 0 spiro atoms. The van der Waals surface area contributed by atoms with Gasteiger partial charge in [0.1, 0.15) is 6.10 Å². The zero-order valence-electron chi connectivity index (χ0n) is 14.3. The van der Waals surface area contributed by atoms with Crippen LogP contribution in [0.25, 0.3) is 6.08 Å². The summed E-state index contributed by atoms with van der Waals surface area (Å²) >= 11 is 0. The fourth-order valence-electron chi connectivity index (χ4n) is 2.88. The first-order valence-electron chi connectivity index (χ1n) is 8.21. The van der Waals surface area contributed by atoms with E-state index in [9.17, 15) is 22.8 Å². The average molecular weight is 375 g/mol. The third kappa shape index (κ3) is 4.02. The number of halogens is 3. The van der Waals surface area contributed by atoms with Gasteiger partial charge in [-0.25, -0.2) is 9.69 Å². The smallest absolute Gasteiger partial charge is 0.417 e. The van der Waals surface area contributed by atoms with E-state index in [1.54, 1.807) is 19.1 Å². The summed E-state index contributed by atoms with van der Waals surface area (Å²) in [5, 5.41) is 0. The predicted octanol–water partition coefficient (Wildman–Crippen LogP) is 4.83. The molecule has 27 heavy (non-hydrogen) atoms. The first-order chi connectivity index (χ1) is 12.8. The second-order valence-electron chi connectivity index (χ2n) is 6.12. The highest BCUT2D eigenvalue weighted by Crippen LogP contribution is 2.32. The molecular formula is C20H16F3NO3. The van der Waals surface area contributed by atoms with Crippen molar-refractivity contribution in [1.82, 2.24) is 4.90 Å². The quantitative estimate of drug-likeness (QED) is 0.722. The van der Waals surface area contributed by atoms with Crippen LogP contribution in [-0.2, 0) is 15.7 Å². The van der Waals surface area contributed by atoms with Crippen LogP contribution in [0.15, 0.2) is 60.7 Å². The van der Waals surface area contributed by atoms with Crippen LogP contribution in [0, 0.1) is 0 Å². The molecule has 1 heterocycles. The lowest BCUT2D eigenvalue weighted by Gasteiger charge is -2.18. The number of alkyl halides is 3. The van der Waals surface area contributed by atoms with Gasteiger partial charge in [-0.1, -0.05) is 42.5 Å². The molecule has 0 radical (unpaired) electrons. The molecule has 1 fully saturated rings. The largest absolute Gasteiger partial charge is 0.439 e. The van der Waals surface area contributed by atoms with Crippen LogP contribution < -0.4 is 0 Å². The Hall–Kier alpha value is -3.09. The Bertz CT molecular complexity index is 860. The van der Waals surface area contributed by atoms with Crippen molar-refractivity contribution in [3.63, 3.8) is 0 Å². The molecule has 7 heteroatoms. The van der Waals surface area contributed by atoms with Crippen molar-refractivity contribution in [1.29, 1.82) is 0 Å². The molecule has 140 valence electrons. The van der Waals surface area contributed by atoms with Crippen LogP contribution in [-0.4, -0.2) is 22.9 Å². The molecule has 1 aliphatic rings. The Labute approximate surface area is 153 Å².